The van der Waals surface area contributed by atoms with Crippen molar-refractivity contribution in [3.8, 4) is 0 Å². The first-order valence-corrected chi connectivity index (χ1v) is 11.1. The van der Waals surface area contributed by atoms with Crippen LogP contribution in [0.1, 0.15) is 12.5 Å². The first-order chi connectivity index (χ1) is 15.4. The normalized spacial score (nSPS) is 12.0. The Balaban J connectivity index is 1.65. The van der Waals surface area contributed by atoms with Gasteiger partial charge in [-0.15, -0.1) is 0 Å². The van der Waals surface area contributed by atoms with Gasteiger partial charge >= 0.3 is 0 Å². The van der Waals surface area contributed by atoms with Crippen molar-refractivity contribution in [1.82, 2.24) is 9.55 Å². The van der Waals surface area contributed by atoms with Gasteiger partial charge in [-0.3, -0.25) is 14.2 Å². The van der Waals surface area contributed by atoms with Crippen molar-refractivity contribution < 1.29 is 9.18 Å². The number of para-hydroxylation sites is 1. The van der Waals surface area contributed by atoms with Crippen LogP contribution >= 0.6 is 23.4 Å². The standard InChI is InChI=1S/C24H19ClFN3O2S/c1-15(22(30)27-21-12-11-17(25)13-19(21)26)32-24-28-20-10-6-5-9-18(20)23(31)29(24)14-16-7-3-2-4-8-16/h2-13,15H,14H2,1H3,(H,27,30). The molecule has 0 saturated carbocycles. The predicted octanol–water partition coefficient (Wildman–Crippen LogP) is 5.36. The molecular weight excluding hydrogens is 449 g/mol. The van der Waals surface area contributed by atoms with E-state index in [2.05, 4.69) is 10.3 Å². The van der Waals surface area contributed by atoms with Crippen LogP contribution in [0.15, 0.2) is 82.7 Å². The van der Waals surface area contributed by atoms with Gasteiger partial charge in [-0.2, -0.15) is 0 Å². The van der Waals surface area contributed by atoms with Gasteiger partial charge < -0.3 is 5.32 Å². The highest BCUT2D eigenvalue weighted by Gasteiger charge is 2.20. The molecule has 0 aliphatic rings. The second-order valence-electron chi connectivity index (χ2n) is 7.16. The number of amides is 1. The van der Waals surface area contributed by atoms with E-state index in [9.17, 15) is 14.0 Å². The Labute approximate surface area is 193 Å². The van der Waals surface area contributed by atoms with Crippen LogP contribution in [0.2, 0.25) is 5.02 Å². The summed E-state index contributed by atoms with van der Waals surface area (Å²) in [6.45, 7) is 2.00. The summed E-state index contributed by atoms with van der Waals surface area (Å²) in [5, 5.41) is 3.10. The van der Waals surface area contributed by atoms with E-state index in [1.807, 2.05) is 36.4 Å². The number of thioether (sulfide) groups is 1. The number of nitrogens with one attached hydrogen (secondary N) is 1. The Bertz CT molecular complexity index is 1340. The summed E-state index contributed by atoms with van der Waals surface area (Å²) in [6.07, 6.45) is 0. The zero-order valence-corrected chi connectivity index (χ0v) is 18.7. The van der Waals surface area contributed by atoms with E-state index in [1.165, 1.54) is 12.1 Å². The van der Waals surface area contributed by atoms with Gasteiger partial charge in [0.2, 0.25) is 5.91 Å². The number of rotatable bonds is 6. The summed E-state index contributed by atoms with van der Waals surface area (Å²) >= 11 is 6.92. The molecule has 1 heterocycles. The molecule has 1 amide bonds. The van der Waals surface area contributed by atoms with Gasteiger partial charge in [-0.05, 0) is 42.8 Å². The van der Waals surface area contributed by atoms with Gasteiger partial charge in [0, 0.05) is 5.02 Å². The molecule has 0 aliphatic carbocycles. The number of benzene rings is 3. The SMILES string of the molecule is CC(Sc1nc2ccccc2c(=O)n1Cc1ccccc1)C(=O)Nc1ccc(Cl)cc1F. The monoisotopic (exact) mass is 467 g/mol. The fourth-order valence-electron chi connectivity index (χ4n) is 3.18. The Morgan fingerprint density at radius 1 is 1.12 bits per heavy atom. The number of carbonyl (C=O) groups excluding carboxylic acids is 1. The van der Waals surface area contributed by atoms with Crippen molar-refractivity contribution in [2.75, 3.05) is 5.32 Å². The van der Waals surface area contributed by atoms with Crippen molar-refractivity contribution in [2.24, 2.45) is 0 Å². The van der Waals surface area contributed by atoms with Crippen LogP contribution in [-0.4, -0.2) is 20.7 Å². The quantitative estimate of drug-likeness (QED) is 0.306. The van der Waals surface area contributed by atoms with E-state index >= 15 is 0 Å². The number of hydrogen-bond acceptors (Lipinski definition) is 4. The summed E-state index contributed by atoms with van der Waals surface area (Å²) in [4.78, 5) is 30.6. The van der Waals surface area contributed by atoms with Crippen LogP contribution in [0.25, 0.3) is 10.9 Å². The number of nitrogens with zero attached hydrogens (tertiary/aromatic N) is 2. The Morgan fingerprint density at radius 2 is 1.84 bits per heavy atom. The van der Waals surface area contributed by atoms with Gasteiger partial charge in [-0.1, -0.05) is 65.8 Å². The number of anilines is 1. The second-order valence-corrected chi connectivity index (χ2v) is 8.91. The Morgan fingerprint density at radius 3 is 2.59 bits per heavy atom. The summed E-state index contributed by atoms with van der Waals surface area (Å²) in [6, 6.07) is 20.7. The summed E-state index contributed by atoms with van der Waals surface area (Å²) in [7, 11) is 0. The summed E-state index contributed by atoms with van der Waals surface area (Å²) in [5.41, 5.74) is 1.35. The van der Waals surface area contributed by atoms with E-state index in [0.29, 0.717) is 22.6 Å². The number of halogens is 2. The van der Waals surface area contributed by atoms with E-state index in [0.717, 1.165) is 23.4 Å². The molecule has 1 atom stereocenters. The van der Waals surface area contributed by atoms with E-state index in [-0.39, 0.29) is 16.3 Å². The van der Waals surface area contributed by atoms with Crippen LogP contribution in [-0.2, 0) is 11.3 Å². The van der Waals surface area contributed by atoms with Crippen LogP contribution in [0.4, 0.5) is 10.1 Å². The molecule has 5 nitrogen and oxygen atoms in total. The van der Waals surface area contributed by atoms with Crippen LogP contribution in [0.3, 0.4) is 0 Å². The lowest BCUT2D eigenvalue weighted by Crippen LogP contribution is -2.27. The smallest absolute Gasteiger partial charge is 0.262 e. The van der Waals surface area contributed by atoms with E-state index < -0.39 is 17.0 Å². The van der Waals surface area contributed by atoms with E-state index in [1.54, 1.807) is 29.7 Å². The average molecular weight is 468 g/mol. The third-order valence-corrected chi connectivity index (χ3v) is 6.18. The third kappa shape index (κ3) is 4.84. The molecule has 32 heavy (non-hydrogen) atoms. The molecule has 4 aromatic rings. The van der Waals surface area contributed by atoms with Crippen molar-refractivity contribution >= 4 is 45.9 Å². The molecule has 3 aromatic carbocycles. The van der Waals surface area contributed by atoms with Gasteiger partial charge in [0.25, 0.3) is 5.56 Å². The van der Waals surface area contributed by atoms with Gasteiger partial charge in [0.05, 0.1) is 28.4 Å². The highest BCUT2D eigenvalue weighted by Crippen LogP contribution is 2.25. The topological polar surface area (TPSA) is 64.0 Å². The zero-order valence-electron chi connectivity index (χ0n) is 17.1. The van der Waals surface area contributed by atoms with E-state index in [4.69, 9.17) is 11.6 Å². The van der Waals surface area contributed by atoms with Crippen LogP contribution in [0, 0.1) is 5.82 Å². The van der Waals surface area contributed by atoms with Crippen molar-refractivity contribution in [3.05, 3.63) is 99.6 Å². The van der Waals surface area contributed by atoms with Crippen molar-refractivity contribution in [3.63, 3.8) is 0 Å². The van der Waals surface area contributed by atoms with Gasteiger partial charge in [0.15, 0.2) is 5.16 Å². The lowest BCUT2D eigenvalue weighted by Gasteiger charge is -2.17. The first-order valence-electron chi connectivity index (χ1n) is 9.88. The number of fused-ring (bicyclic) bond motifs is 1. The minimum absolute atomic E-state index is 0.0417. The molecule has 0 spiro atoms. The maximum absolute atomic E-state index is 14.1. The van der Waals surface area contributed by atoms with Gasteiger partial charge in [0.1, 0.15) is 5.82 Å². The lowest BCUT2D eigenvalue weighted by atomic mass is 10.2. The maximum atomic E-state index is 14.1. The zero-order chi connectivity index (χ0) is 22.7. The Kier molecular flexibility index (Phi) is 6.58. The average Bonchev–Trinajstić information content (AvgIpc) is 2.79. The lowest BCUT2D eigenvalue weighted by molar-refractivity contribution is -0.115. The highest BCUT2D eigenvalue weighted by atomic mass is 35.5. The van der Waals surface area contributed by atoms with Crippen LogP contribution < -0.4 is 10.9 Å². The third-order valence-electron chi connectivity index (χ3n) is 4.85. The number of carbonyl (C=O) groups is 1. The molecule has 1 aromatic heterocycles. The summed E-state index contributed by atoms with van der Waals surface area (Å²) < 4.78 is 15.6. The molecule has 1 unspecified atom stereocenters. The fourth-order valence-corrected chi connectivity index (χ4v) is 4.25. The molecule has 0 aliphatic heterocycles. The Hall–Kier alpha value is -3.16. The van der Waals surface area contributed by atoms with Gasteiger partial charge in [-0.25, -0.2) is 9.37 Å². The molecule has 8 heteroatoms. The van der Waals surface area contributed by atoms with Crippen molar-refractivity contribution in [1.29, 1.82) is 0 Å². The largest absolute Gasteiger partial charge is 0.323 e. The summed E-state index contributed by atoms with van der Waals surface area (Å²) in [5.74, 6) is -1.03. The number of aromatic nitrogens is 2. The van der Waals surface area contributed by atoms with Crippen LogP contribution in [0.5, 0.6) is 0 Å². The second kappa shape index (κ2) is 9.54. The minimum atomic E-state index is -0.639. The molecular formula is C24H19ClFN3O2S. The maximum Gasteiger partial charge on any atom is 0.262 e. The molecule has 0 radical (unpaired) electrons. The number of hydrogen-bond donors (Lipinski definition) is 1. The molecule has 1 N–H and O–H groups in total. The molecule has 0 saturated heterocycles. The highest BCUT2D eigenvalue weighted by molar-refractivity contribution is 8.00. The minimum Gasteiger partial charge on any atom is -0.323 e. The first kappa shape index (κ1) is 22.0. The molecule has 4 rings (SSSR count). The molecule has 162 valence electrons. The molecule has 0 fully saturated rings. The molecule has 0 bridgehead atoms. The fraction of sp³-hybridized carbons (Fsp3) is 0.125. The van der Waals surface area contributed by atoms with Crippen molar-refractivity contribution in [2.45, 2.75) is 23.9 Å². The predicted molar refractivity (Wildman–Crippen MR) is 127 cm³/mol.